The fraction of sp³-hybridized carbons (Fsp3) is 0.125. The first-order chi connectivity index (χ1) is 10.4. The molecular formula is C16H14Cl4N2. The van der Waals surface area contributed by atoms with E-state index in [-0.39, 0.29) is 0 Å². The van der Waals surface area contributed by atoms with Crippen molar-refractivity contribution >= 4 is 57.8 Å². The van der Waals surface area contributed by atoms with E-state index < -0.39 is 0 Å². The van der Waals surface area contributed by atoms with Gasteiger partial charge in [0.25, 0.3) is 0 Å². The van der Waals surface area contributed by atoms with Gasteiger partial charge in [0.15, 0.2) is 0 Å². The van der Waals surface area contributed by atoms with Crippen molar-refractivity contribution in [2.75, 3.05) is 23.9 Å². The third-order valence-electron chi connectivity index (χ3n) is 3.19. The Bertz CT molecular complexity index is 606. The van der Waals surface area contributed by atoms with E-state index in [0.717, 1.165) is 11.4 Å². The van der Waals surface area contributed by atoms with E-state index in [2.05, 4.69) is 0 Å². The van der Waals surface area contributed by atoms with Crippen LogP contribution in [0.3, 0.4) is 0 Å². The summed E-state index contributed by atoms with van der Waals surface area (Å²) in [7, 11) is 3.67. The Balaban J connectivity index is 2.27. The van der Waals surface area contributed by atoms with Crippen LogP contribution in [0.1, 0.15) is 0 Å². The second kappa shape index (κ2) is 7.47. The van der Waals surface area contributed by atoms with E-state index in [4.69, 9.17) is 46.4 Å². The molecule has 0 heterocycles. The first-order valence-electron chi connectivity index (χ1n) is 6.44. The zero-order valence-corrected chi connectivity index (χ0v) is 15.0. The number of rotatable bonds is 4. The standard InChI is InChI=1S/C16H14Cl4N2/c1-21(13-7-3-11(17)4-8-13)15(19)16(20)22(2)14-9-5-12(18)6-10-14/h3-10H,1-2H3/b16-15+. The maximum Gasteiger partial charge on any atom is 0.145 e. The highest BCUT2D eigenvalue weighted by atomic mass is 35.5. The monoisotopic (exact) mass is 374 g/mol. The van der Waals surface area contributed by atoms with E-state index in [0.29, 0.717) is 20.4 Å². The molecule has 0 N–H and O–H groups in total. The van der Waals surface area contributed by atoms with E-state index in [9.17, 15) is 0 Å². The SMILES string of the molecule is CN(/C(Cl)=C(\Cl)N(C)c1ccc(Cl)cc1)c1ccc(Cl)cc1. The number of nitrogens with zero attached hydrogens (tertiary/aromatic N) is 2. The van der Waals surface area contributed by atoms with Crippen LogP contribution >= 0.6 is 46.4 Å². The second-order valence-electron chi connectivity index (χ2n) is 4.65. The lowest BCUT2D eigenvalue weighted by Gasteiger charge is -2.24. The van der Waals surface area contributed by atoms with Crippen LogP contribution in [0.25, 0.3) is 0 Å². The van der Waals surface area contributed by atoms with E-state index >= 15 is 0 Å². The Morgan fingerprint density at radius 3 is 1.18 bits per heavy atom. The number of anilines is 2. The molecule has 116 valence electrons. The van der Waals surface area contributed by atoms with Gasteiger partial charge in [-0.1, -0.05) is 46.4 Å². The molecule has 0 radical (unpaired) electrons. The quantitative estimate of drug-likeness (QED) is 0.589. The summed E-state index contributed by atoms with van der Waals surface area (Å²) in [6, 6.07) is 14.7. The normalized spacial score (nSPS) is 11.9. The zero-order valence-electron chi connectivity index (χ0n) is 12.0. The summed E-state index contributed by atoms with van der Waals surface area (Å²) in [5.41, 5.74) is 1.77. The minimum absolute atomic E-state index is 0.404. The molecule has 0 saturated carbocycles. The summed E-state index contributed by atoms with van der Waals surface area (Å²) in [4.78, 5) is 3.57. The minimum Gasteiger partial charge on any atom is -0.333 e. The molecule has 0 amide bonds. The topological polar surface area (TPSA) is 6.48 Å². The highest BCUT2D eigenvalue weighted by molar-refractivity contribution is 6.41. The molecule has 0 bridgehead atoms. The van der Waals surface area contributed by atoms with Crippen LogP contribution in [-0.2, 0) is 0 Å². The third kappa shape index (κ3) is 4.02. The molecule has 2 aromatic carbocycles. The van der Waals surface area contributed by atoms with Gasteiger partial charge in [0.2, 0.25) is 0 Å². The molecule has 0 atom stereocenters. The molecule has 0 saturated heterocycles. The van der Waals surface area contributed by atoms with Crippen LogP contribution in [0.2, 0.25) is 10.0 Å². The molecule has 22 heavy (non-hydrogen) atoms. The summed E-state index contributed by atoms with van der Waals surface area (Å²) >= 11 is 24.6. The summed E-state index contributed by atoms with van der Waals surface area (Å²) < 4.78 is 0. The number of halogens is 4. The zero-order chi connectivity index (χ0) is 16.3. The van der Waals surface area contributed by atoms with E-state index in [1.165, 1.54) is 0 Å². The van der Waals surface area contributed by atoms with Crippen molar-refractivity contribution in [2.45, 2.75) is 0 Å². The van der Waals surface area contributed by atoms with Crippen molar-refractivity contribution in [3.8, 4) is 0 Å². The number of benzene rings is 2. The van der Waals surface area contributed by atoms with Gasteiger partial charge < -0.3 is 9.80 Å². The van der Waals surface area contributed by atoms with Gasteiger partial charge in [-0.05, 0) is 48.5 Å². The lowest BCUT2D eigenvalue weighted by atomic mass is 10.3. The Morgan fingerprint density at radius 2 is 0.909 bits per heavy atom. The van der Waals surface area contributed by atoms with Gasteiger partial charge >= 0.3 is 0 Å². The Labute approximate surface area is 150 Å². The predicted molar refractivity (Wildman–Crippen MR) is 98.4 cm³/mol. The molecule has 0 spiro atoms. The molecular weight excluding hydrogens is 362 g/mol. The largest absolute Gasteiger partial charge is 0.333 e. The summed E-state index contributed by atoms with van der Waals surface area (Å²) in [6.45, 7) is 0. The lowest BCUT2D eigenvalue weighted by Crippen LogP contribution is -2.21. The molecule has 0 fully saturated rings. The molecule has 6 heteroatoms. The Morgan fingerprint density at radius 1 is 0.636 bits per heavy atom. The fourth-order valence-corrected chi connectivity index (χ4v) is 2.53. The molecule has 0 aliphatic heterocycles. The number of hydrogen-bond acceptors (Lipinski definition) is 2. The van der Waals surface area contributed by atoms with Gasteiger partial charge in [-0.15, -0.1) is 0 Å². The van der Waals surface area contributed by atoms with Crippen LogP contribution < -0.4 is 9.80 Å². The second-order valence-corrected chi connectivity index (χ2v) is 6.24. The summed E-state index contributed by atoms with van der Waals surface area (Å²) in [5, 5.41) is 2.14. The Hall–Kier alpha value is -1.06. The number of hydrogen-bond donors (Lipinski definition) is 0. The summed E-state index contributed by atoms with van der Waals surface area (Å²) in [5.74, 6) is 0. The highest BCUT2D eigenvalue weighted by Gasteiger charge is 2.14. The predicted octanol–water partition coefficient (Wildman–Crippen LogP) is 6.17. The molecule has 2 aromatic rings. The molecule has 0 unspecified atom stereocenters. The van der Waals surface area contributed by atoms with Crippen molar-refractivity contribution in [1.29, 1.82) is 0 Å². The average molecular weight is 376 g/mol. The molecule has 0 aliphatic rings. The lowest BCUT2D eigenvalue weighted by molar-refractivity contribution is 1.10. The van der Waals surface area contributed by atoms with Gasteiger partial charge in [-0.25, -0.2) is 0 Å². The fourth-order valence-electron chi connectivity index (χ4n) is 1.83. The molecule has 0 aliphatic carbocycles. The Kier molecular flexibility index (Phi) is 5.87. The van der Waals surface area contributed by atoms with Gasteiger partial charge in [0.1, 0.15) is 10.3 Å². The molecule has 2 nitrogen and oxygen atoms in total. The van der Waals surface area contributed by atoms with Crippen LogP contribution in [0.4, 0.5) is 11.4 Å². The van der Waals surface area contributed by atoms with Gasteiger partial charge in [-0.3, -0.25) is 0 Å². The molecule has 2 rings (SSSR count). The van der Waals surface area contributed by atoms with Crippen LogP contribution in [0.15, 0.2) is 58.8 Å². The van der Waals surface area contributed by atoms with E-state index in [1.54, 1.807) is 34.1 Å². The van der Waals surface area contributed by atoms with Crippen LogP contribution in [0, 0.1) is 0 Å². The highest BCUT2D eigenvalue weighted by Crippen LogP contribution is 2.29. The first-order valence-corrected chi connectivity index (χ1v) is 7.95. The van der Waals surface area contributed by atoms with Crippen LogP contribution in [0.5, 0.6) is 0 Å². The van der Waals surface area contributed by atoms with Gasteiger partial charge in [0.05, 0.1) is 0 Å². The van der Waals surface area contributed by atoms with Crippen molar-refractivity contribution < 1.29 is 0 Å². The molecule has 0 aromatic heterocycles. The van der Waals surface area contributed by atoms with Gasteiger partial charge in [-0.2, -0.15) is 0 Å². The van der Waals surface area contributed by atoms with Crippen molar-refractivity contribution in [3.63, 3.8) is 0 Å². The maximum atomic E-state index is 6.40. The smallest absolute Gasteiger partial charge is 0.145 e. The minimum atomic E-state index is 0.404. The maximum absolute atomic E-state index is 6.40. The van der Waals surface area contributed by atoms with Gasteiger partial charge in [0, 0.05) is 35.5 Å². The van der Waals surface area contributed by atoms with E-state index in [1.807, 2.05) is 38.4 Å². The first kappa shape index (κ1) is 17.3. The third-order valence-corrected chi connectivity index (χ3v) is 4.65. The van der Waals surface area contributed by atoms with Crippen molar-refractivity contribution in [3.05, 3.63) is 68.9 Å². The summed E-state index contributed by atoms with van der Waals surface area (Å²) in [6.07, 6.45) is 0. The van der Waals surface area contributed by atoms with Crippen molar-refractivity contribution in [2.24, 2.45) is 0 Å². The van der Waals surface area contributed by atoms with Crippen LogP contribution in [-0.4, -0.2) is 14.1 Å². The average Bonchev–Trinajstić information content (AvgIpc) is 2.53. The van der Waals surface area contributed by atoms with Crippen molar-refractivity contribution in [1.82, 2.24) is 0 Å².